The number of hydrogen-bond acceptors (Lipinski definition) is 12. The van der Waals surface area contributed by atoms with Crippen molar-refractivity contribution in [3.8, 4) is 11.4 Å². The van der Waals surface area contributed by atoms with Gasteiger partial charge in [0, 0.05) is 75.3 Å². The molecule has 8 heterocycles. The van der Waals surface area contributed by atoms with Crippen molar-refractivity contribution in [3.05, 3.63) is 333 Å². The number of rotatable bonds is 12. The quantitative estimate of drug-likeness (QED) is 0.108. The van der Waals surface area contributed by atoms with Gasteiger partial charge in [0.15, 0.2) is 0 Å². The van der Waals surface area contributed by atoms with Gasteiger partial charge in [-0.1, -0.05) is 279 Å². The van der Waals surface area contributed by atoms with Crippen LogP contribution in [0.15, 0.2) is 328 Å². The summed E-state index contributed by atoms with van der Waals surface area (Å²) in [5.41, 5.74) is 7.07. The third-order valence-electron chi connectivity index (χ3n) is 18.6. The summed E-state index contributed by atoms with van der Waals surface area (Å²) in [6.07, 6.45) is 0.408. The van der Waals surface area contributed by atoms with Crippen LogP contribution in [0.5, 0.6) is 0 Å². The molecule has 96 heavy (non-hydrogen) atoms. The summed E-state index contributed by atoms with van der Waals surface area (Å²) in [6.45, 7) is 0. The average molecular weight is 1390 g/mol. The second-order valence-electron chi connectivity index (χ2n) is 24.5. The van der Waals surface area contributed by atoms with Crippen LogP contribution in [0.2, 0.25) is 6.04 Å². The van der Waals surface area contributed by atoms with Crippen LogP contribution in [-0.4, -0.2) is 79.6 Å². The van der Waals surface area contributed by atoms with Gasteiger partial charge in [0.2, 0.25) is 0 Å². The second-order valence-corrected chi connectivity index (χ2v) is 47.9. The van der Waals surface area contributed by atoms with E-state index in [-0.39, 0.29) is 6.04 Å². The Labute approximate surface area is 562 Å². The lowest BCUT2D eigenvalue weighted by atomic mass is 10.1. The fraction of sp³-hybridized carbons (Fsp3) is 0.0270. The Hall–Kier alpha value is -8.50. The minimum absolute atomic E-state index is 0.146. The molecular formula is C74H58N2O12Si8. The summed E-state index contributed by atoms with van der Waals surface area (Å²) in [5.74, 6) is 0. The zero-order chi connectivity index (χ0) is 63.6. The van der Waals surface area contributed by atoms with Crippen molar-refractivity contribution in [2.45, 2.75) is 12.5 Å². The molecule has 8 bridgehead atoms. The first-order valence-electron chi connectivity index (χ1n) is 32.1. The van der Waals surface area contributed by atoms with Crippen LogP contribution in [0.25, 0.3) is 55.0 Å². The molecule has 4 atom stereocenters. The highest BCUT2D eigenvalue weighted by Gasteiger charge is 2.86. The number of fused-ring (bicyclic) bond motifs is 6. The minimum atomic E-state index is -5.08. The Morgan fingerprint density at radius 1 is 0.208 bits per heavy atom. The second kappa shape index (κ2) is 22.5. The predicted octanol–water partition coefficient (Wildman–Crippen LogP) is 10.6. The first-order chi connectivity index (χ1) is 47.2. The van der Waals surface area contributed by atoms with Crippen LogP contribution in [0, 0.1) is 0 Å². The summed E-state index contributed by atoms with van der Waals surface area (Å²) in [7, 11) is -39.3. The van der Waals surface area contributed by atoms with Gasteiger partial charge in [0.05, 0.1) is 22.1 Å². The lowest BCUT2D eigenvalue weighted by Gasteiger charge is -2.62. The molecule has 14 aromatic rings. The first kappa shape index (κ1) is 58.8. The zero-order valence-corrected chi connectivity index (χ0v) is 59.4. The molecular weight excluding hydrogens is 1330 g/mol. The summed E-state index contributed by atoms with van der Waals surface area (Å²) in [4.78, 5) is 0. The van der Waals surface area contributed by atoms with E-state index in [9.17, 15) is 0 Å². The Bertz CT molecular complexity index is 5130. The normalized spacial score (nSPS) is 27.5. The smallest absolute Gasteiger partial charge is 0.370 e. The van der Waals surface area contributed by atoms with Crippen molar-refractivity contribution < 1.29 is 49.4 Å². The van der Waals surface area contributed by atoms with Crippen molar-refractivity contribution in [2.24, 2.45) is 0 Å². The molecule has 6 aliphatic heterocycles. The van der Waals surface area contributed by atoms with E-state index in [4.69, 9.17) is 49.4 Å². The molecule has 14 nitrogen and oxygen atoms in total. The lowest BCUT2D eigenvalue weighted by molar-refractivity contribution is -0.00663. The molecule has 6 fully saturated rings. The van der Waals surface area contributed by atoms with Gasteiger partial charge >= 0.3 is 70.4 Å². The number of hydrogen-bond donors (Lipinski definition) is 0. The van der Waals surface area contributed by atoms with Crippen LogP contribution in [-0.2, 0) is 55.8 Å². The summed E-state index contributed by atoms with van der Waals surface area (Å²) < 4.78 is 106. The van der Waals surface area contributed by atoms with E-state index in [2.05, 4.69) is 124 Å². The summed E-state index contributed by atoms with van der Waals surface area (Å²) >= 11 is 0. The maximum absolute atomic E-state index is 8.60. The van der Waals surface area contributed by atoms with Gasteiger partial charge in [0.25, 0.3) is 0 Å². The highest BCUT2D eigenvalue weighted by Crippen LogP contribution is 2.50. The number of nitrogens with zero attached hydrogens (tertiary/aromatic N) is 2. The number of para-hydroxylation sites is 3. The standard InChI is InChI=1S/C74H58N2O12Si8/c1-8-29-57(30-9-1)53-54-89-77-90(60-32-10-2-11-33-60)80-92(62-36-14-4-15-37-62)81-91(78-89,61-34-12-3-13-35-61)83-94(64-40-18-6-19-41-64)86-95(84-92,65-42-20-7-21-43-65)85-93(82-90,63-38-16-5-17-39-63)87-96(79-89,88-94)66-44-28-31-58(55-66)75-73-50-27-24-47-69(73)70-56-59(51-52-74(70)75)76-71-48-25-22-45-67(71)68-46-23-26-49-72(68)76/h1-52,55-56H,53-54H2. The SMILES string of the molecule is c1ccc(CC[Si]23O[Si]4(c5ccccc5)O[Si]5(c6ccccc6)O[Si](c6ccccc6)(O2)O[Si]2(c6ccccc6)O[Si](c6cccc(-n7c8ccccc8c8cc(-n9c%10ccccc%10c%10ccccc%109)ccc87)c6)(O3)O[Si](c3ccccc3)(O4)O[Si](c3ccccc3)(O5)O2)cc1. The van der Waals surface area contributed by atoms with Crippen LogP contribution in [0.3, 0.4) is 0 Å². The molecule has 0 aliphatic carbocycles. The molecule has 0 amide bonds. The Morgan fingerprint density at radius 2 is 0.479 bits per heavy atom. The average Bonchev–Trinajstić information content (AvgIpc) is 0.783. The summed E-state index contributed by atoms with van der Waals surface area (Å²) in [6, 6.07) is 110. The van der Waals surface area contributed by atoms with Crippen molar-refractivity contribution in [3.63, 3.8) is 0 Å². The van der Waals surface area contributed by atoms with Gasteiger partial charge in [0.1, 0.15) is 0 Å². The molecule has 0 radical (unpaired) electrons. The van der Waals surface area contributed by atoms with E-state index in [0.29, 0.717) is 42.7 Å². The van der Waals surface area contributed by atoms with E-state index >= 15 is 0 Å². The first-order valence-corrected chi connectivity index (χ1v) is 46.1. The number of aryl methyl sites for hydroxylation is 1. The van der Waals surface area contributed by atoms with E-state index in [0.717, 1.165) is 49.8 Å². The molecule has 0 saturated carbocycles. The van der Waals surface area contributed by atoms with Crippen molar-refractivity contribution >= 4 is 150 Å². The third kappa shape index (κ3) is 9.35. The fourth-order valence-electron chi connectivity index (χ4n) is 14.3. The number of benzene rings is 12. The Morgan fingerprint density at radius 3 is 0.844 bits per heavy atom. The molecule has 6 aliphatic rings. The fourth-order valence-corrected chi connectivity index (χ4v) is 60.9. The Kier molecular flexibility index (Phi) is 13.8. The minimum Gasteiger partial charge on any atom is -0.370 e. The largest absolute Gasteiger partial charge is 0.515 e. The molecule has 20 rings (SSSR count). The van der Waals surface area contributed by atoms with E-state index in [1.165, 1.54) is 10.8 Å². The molecule has 12 aromatic carbocycles. The predicted molar refractivity (Wildman–Crippen MR) is 385 cm³/mol. The third-order valence-corrected chi connectivity index (χ3v) is 53.0. The van der Waals surface area contributed by atoms with Gasteiger partial charge in [-0.15, -0.1) is 0 Å². The highest BCUT2D eigenvalue weighted by atomic mass is 28.6. The maximum Gasteiger partial charge on any atom is 0.515 e. The van der Waals surface area contributed by atoms with Crippen molar-refractivity contribution in [1.29, 1.82) is 0 Å². The molecule has 22 heteroatoms. The maximum atomic E-state index is 8.60. The molecule has 4 unspecified atom stereocenters. The highest BCUT2D eigenvalue weighted by molar-refractivity contribution is 7.13. The van der Waals surface area contributed by atoms with Gasteiger partial charge < -0.3 is 58.5 Å². The molecule has 6 saturated heterocycles. The molecule has 0 N–H and O–H groups in total. The zero-order valence-electron chi connectivity index (χ0n) is 51.4. The van der Waals surface area contributed by atoms with Gasteiger partial charge in [-0.25, -0.2) is 0 Å². The van der Waals surface area contributed by atoms with Crippen LogP contribution in [0.4, 0.5) is 0 Å². The molecule has 0 spiro atoms. The number of aromatic nitrogens is 2. The Balaban J connectivity index is 0.924. The monoisotopic (exact) mass is 1390 g/mol. The topological polar surface area (TPSA) is 121 Å². The van der Waals surface area contributed by atoms with Gasteiger partial charge in [-0.2, -0.15) is 0 Å². The van der Waals surface area contributed by atoms with E-state index < -0.39 is 70.4 Å². The van der Waals surface area contributed by atoms with Gasteiger partial charge in [-0.3, -0.25) is 0 Å². The summed E-state index contributed by atoms with van der Waals surface area (Å²) in [5, 5.41) is 8.44. The van der Waals surface area contributed by atoms with E-state index in [1.807, 2.05) is 212 Å². The van der Waals surface area contributed by atoms with E-state index in [1.54, 1.807) is 0 Å². The van der Waals surface area contributed by atoms with Gasteiger partial charge in [-0.05, 0) is 60.5 Å². The lowest BCUT2D eigenvalue weighted by Crippen LogP contribution is -2.95. The molecule has 468 valence electrons. The van der Waals surface area contributed by atoms with Crippen LogP contribution in [0.1, 0.15) is 5.56 Å². The van der Waals surface area contributed by atoms with Crippen molar-refractivity contribution in [1.82, 2.24) is 9.13 Å². The van der Waals surface area contributed by atoms with Crippen LogP contribution < -0.4 is 36.3 Å². The van der Waals surface area contributed by atoms with Crippen molar-refractivity contribution in [2.75, 3.05) is 0 Å². The van der Waals surface area contributed by atoms with Crippen LogP contribution >= 0.6 is 0 Å². The molecule has 2 aromatic heterocycles.